The fourth-order valence-corrected chi connectivity index (χ4v) is 3.29. The second-order valence-electron chi connectivity index (χ2n) is 5.87. The summed E-state index contributed by atoms with van der Waals surface area (Å²) in [5, 5.41) is 9.44. The van der Waals surface area contributed by atoms with Crippen molar-refractivity contribution >= 4 is 21.7 Å². The van der Waals surface area contributed by atoms with E-state index in [0.717, 1.165) is 14.6 Å². The summed E-state index contributed by atoms with van der Waals surface area (Å²) in [7, 11) is 2.95. The summed E-state index contributed by atoms with van der Waals surface area (Å²) >= 11 is 3.41. The molecular formula is C17H17BrN4O3. The van der Waals surface area contributed by atoms with Crippen molar-refractivity contribution in [3.63, 3.8) is 0 Å². The maximum Gasteiger partial charge on any atom is 0.332 e. The zero-order valence-corrected chi connectivity index (χ0v) is 15.5. The standard InChI is InChI=1S/C17H17BrN4O3/c1-20-15(13(9-19)16(23)21(2)17(20)24)22-7-8-25-14(10-22)11-3-5-12(18)6-4-11/h3-6,14H,7-8,10H2,1-2H3. The first kappa shape index (κ1) is 17.5. The first-order valence-electron chi connectivity index (χ1n) is 7.76. The molecule has 1 aliphatic heterocycles. The molecular weight excluding hydrogens is 388 g/mol. The molecule has 0 amide bonds. The largest absolute Gasteiger partial charge is 0.370 e. The van der Waals surface area contributed by atoms with E-state index in [1.54, 1.807) is 7.05 Å². The van der Waals surface area contributed by atoms with Crippen LogP contribution in [-0.4, -0.2) is 28.8 Å². The maximum absolute atomic E-state index is 12.3. The molecule has 25 heavy (non-hydrogen) atoms. The monoisotopic (exact) mass is 404 g/mol. The van der Waals surface area contributed by atoms with Gasteiger partial charge in [-0.05, 0) is 17.7 Å². The van der Waals surface area contributed by atoms with Crippen LogP contribution in [-0.2, 0) is 18.8 Å². The van der Waals surface area contributed by atoms with Crippen LogP contribution in [0.25, 0.3) is 0 Å². The van der Waals surface area contributed by atoms with E-state index in [2.05, 4.69) is 15.9 Å². The van der Waals surface area contributed by atoms with E-state index < -0.39 is 11.2 Å². The number of anilines is 1. The number of aromatic nitrogens is 2. The van der Waals surface area contributed by atoms with Gasteiger partial charge in [0.2, 0.25) is 0 Å². The smallest absolute Gasteiger partial charge is 0.332 e. The van der Waals surface area contributed by atoms with Gasteiger partial charge in [0.25, 0.3) is 5.56 Å². The van der Waals surface area contributed by atoms with Crippen LogP contribution < -0.4 is 16.1 Å². The Balaban J connectivity index is 2.03. The third-order valence-corrected chi connectivity index (χ3v) is 4.88. The average molecular weight is 405 g/mol. The number of nitriles is 1. The van der Waals surface area contributed by atoms with Gasteiger partial charge in [-0.3, -0.25) is 13.9 Å². The van der Waals surface area contributed by atoms with Crippen molar-refractivity contribution in [2.45, 2.75) is 6.10 Å². The molecule has 1 aromatic carbocycles. The predicted octanol–water partition coefficient (Wildman–Crippen LogP) is 1.30. The van der Waals surface area contributed by atoms with Crippen molar-refractivity contribution in [1.29, 1.82) is 5.26 Å². The van der Waals surface area contributed by atoms with E-state index in [-0.39, 0.29) is 11.7 Å². The van der Waals surface area contributed by atoms with Crippen LogP contribution in [0.3, 0.4) is 0 Å². The Morgan fingerprint density at radius 2 is 1.88 bits per heavy atom. The molecule has 1 fully saturated rings. The van der Waals surface area contributed by atoms with Crippen molar-refractivity contribution in [2.75, 3.05) is 24.6 Å². The van der Waals surface area contributed by atoms with E-state index in [9.17, 15) is 14.9 Å². The molecule has 0 bridgehead atoms. The minimum Gasteiger partial charge on any atom is -0.370 e. The van der Waals surface area contributed by atoms with Crippen molar-refractivity contribution in [3.05, 3.63) is 60.7 Å². The molecule has 7 nitrogen and oxygen atoms in total. The SMILES string of the molecule is Cn1c(N2CCOC(c3ccc(Br)cc3)C2)c(C#N)c(=O)n(C)c1=O. The lowest BCUT2D eigenvalue weighted by Gasteiger charge is -2.35. The van der Waals surface area contributed by atoms with Gasteiger partial charge in [-0.1, -0.05) is 28.1 Å². The summed E-state index contributed by atoms with van der Waals surface area (Å²) in [6.07, 6.45) is -0.201. The highest BCUT2D eigenvalue weighted by molar-refractivity contribution is 9.10. The first-order chi connectivity index (χ1) is 11.9. The molecule has 3 rings (SSSR count). The zero-order chi connectivity index (χ0) is 18.1. The molecule has 2 aromatic rings. The Kier molecular flexibility index (Phi) is 4.79. The summed E-state index contributed by atoms with van der Waals surface area (Å²) < 4.78 is 9.12. The van der Waals surface area contributed by atoms with E-state index >= 15 is 0 Å². The van der Waals surface area contributed by atoms with Crippen LogP contribution in [0.1, 0.15) is 17.2 Å². The molecule has 0 aliphatic carbocycles. The van der Waals surface area contributed by atoms with Crippen LogP contribution in [0.15, 0.2) is 38.3 Å². The van der Waals surface area contributed by atoms with Gasteiger partial charge in [0.1, 0.15) is 18.0 Å². The molecule has 2 heterocycles. The van der Waals surface area contributed by atoms with E-state index in [4.69, 9.17) is 4.74 Å². The van der Waals surface area contributed by atoms with E-state index in [1.807, 2.05) is 35.2 Å². The topological polar surface area (TPSA) is 80.3 Å². The molecule has 0 saturated carbocycles. The van der Waals surface area contributed by atoms with Crippen LogP contribution in [0.5, 0.6) is 0 Å². The molecule has 1 atom stereocenters. The normalized spacial score (nSPS) is 17.4. The second-order valence-corrected chi connectivity index (χ2v) is 6.79. The van der Waals surface area contributed by atoms with Crippen molar-refractivity contribution < 1.29 is 4.74 Å². The number of rotatable bonds is 2. The van der Waals surface area contributed by atoms with Crippen LogP contribution in [0, 0.1) is 11.3 Å². The van der Waals surface area contributed by atoms with Gasteiger partial charge in [-0.25, -0.2) is 4.79 Å². The van der Waals surface area contributed by atoms with Crippen LogP contribution in [0.2, 0.25) is 0 Å². The number of ether oxygens (including phenoxy) is 1. The fraction of sp³-hybridized carbons (Fsp3) is 0.353. The average Bonchev–Trinajstić information content (AvgIpc) is 2.63. The Morgan fingerprint density at radius 1 is 1.20 bits per heavy atom. The molecule has 1 aliphatic rings. The first-order valence-corrected chi connectivity index (χ1v) is 8.55. The van der Waals surface area contributed by atoms with Gasteiger partial charge in [-0.15, -0.1) is 0 Å². The molecule has 0 radical (unpaired) electrons. The minimum absolute atomic E-state index is 0.0268. The van der Waals surface area contributed by atoms with Crippen LogP contribution in [0.4, 0.5) is 5.82 Å². The van der Waals surface area contributed by atoms with Crippen LogP contribution >= 0.6 is 15.9 Å². The van der Waals surface area contributed by atoms with Gasteiger partial charge in [-0.2, -0.15) is 5.26 Å². The molecule has 1 saturated heterocycles. The predicted molar refractivity (Wildman–Crippen MR) is 96.7 cm³/mol. The number of halogens is 1. The Morgan fingerprint density at radius 3 is 2.52 bits per heavy atom. The molecule has 0 spiro atoms. The van der Waals surface area contributed by atoms with E-state index in [1.165, 1.54) is 11.6 Å². The third-order valence-electron chi connectivity index (χ3n) is 4.35. The second kappa shape index (κ2) is 6.86. The number of hydrogen-bond acceptors (Lipinski definition) is 5. The van der Waals surface area contributed by atoms with Gasteiger partial charge in [0.05, 0.1) is 6.61 Å². The van der Waals surface area contributed by atoms with E-state index in [0.29, 0.717) is 25.5 Å². The van der Waals surface area contributed by atoms with Gasteiger partial charge in [0.15, 0.2) is 5.56 Å². The lowest BCUT2D eigenvalue weighted by molar-refractivity contribution is 0.0392. The summed E-state index contributed by atoms with van der Waals surface area (Å²) in [6, 6.07) is 9.75. The highest BCUT2D eigenvalue weighted by Crippen LogP contribution is 2.27. The number of nitrogens with zero attached hydrogens (tertiary/aromatic N) is 4. The zero-order valence-electron chi connectivity index (χ0n) is 13.9. The Labute approximate surface area is 152 Å². The lowest BCUT2D eigenvalue weighted by atomic mass is 10.1. The number of hydrogen-bond donors (Lipinski definition) is 0. The molecule has 1 unspecified atom stereocenters. The third kappa shape index (κ3) is 3.13. The lowest BCUT2D eigenvalue weighted by Crippen LogP contribution is -2.46. The van der Waals surface area contributed by atoms with Crippen molar-refractivity contribution in [2.24, 2.45) is 14.1 Å². The molecule has 130 valence electrons. The van der Waals surface area contributed by atoms with Gasteiger partial charge < -0.3 is 9.64 Å². The number of morpholine rings is 1. The minimum atomic E-state index is -0.577. The maximum atomic E-state index is 12.3. The summed E-state index contributed by atoms with van der Waals surface area (Å²) in [5.41, 5.74) is -0.0562. The Bertz CT molecular complexity index is 956. The highest BCUT2D eigenvalue weighted by Gasteiger charge is 2.27. The molecule has 8 heteroatoms. The molecule has 0 N–H and O–H groups in total. The summed E-state index contributed by atoms with van der Waals surface area (Å²) in [6.45, 7) is 1.40. The highest BCUT2D eigenvalue weighted by atomic mass is 79.9. The summed E-state index contributed by atoms with van der Waals surface area (Å²) in [5.74, 6) is 0.348. The fourth-order valence-electron chi connectivity index (χ4n) is 3.02. The number of benzene rings is 1. The summed E-state index contributed by atoms with van der Waals surface area (Å²) in [4.78, 5) is 26.4. The van der Waals surface area contributed by atoms with Gasteiger partial charge >= 0.3 is 5.69 Å². The van der Waals surface area contributed by atoms with Crippen molar-refractivity contribution in [1.82, 2.24) is 9.13 Å². The van der Waals surface area contributed by atoms with Gasteiger partial charge in [0, 0.05) is 31.7 Å². The quantitative estimate of drug-likeness (QED) is 0.753. The Hall–Kier alpha value is -2.37. The molecule has 1 aromatic heterocycles. The van der Waals surface area contributed by atoms with Crippen molar-refractivity contribution in [3.8, 4) is 6.07 Å².